The van der Waals surface area contributed by atoms with Gasteiger partial charge in [0.15, 0.2) is 0 Å². The number of benzene rings is 2. The largest absolute Gasteiger partial charge is 0.465 e. The normalized spacial score (nSPS) is 18.5. The molecule has 0 radical (unpaired) electrons. The highest BCUT2D eigenvalue weighted by Gasteiger charge is 2.43. The van der Waals surface area contributed by atoms with Gasteiger partial charge < -0.3 is 15.2 Å². The highest BCUT2D eigenvalue weighted by atomic mass is 16.6. The summed E-state index contributed by atoms with van der Waals surface area (Å²) in [5.74, 6) is -1.11. The second-order valence-electron chi connectivity index (χ2n) is 6.34. The van der Waals surface area contributed by atoms with E-state index in [1.54, 1.807) is 31.2 Å². The lowest BCUT2D eigenvalue weighted by atomic mass is 9.92. The maximum atomic E-state index is 13.2. The quantitative estimate of drug-likeness (QED) is 0.845. The lowest BCUT2D eigenvalue weighted by Crippen LogP contribution is -2.51. The number of imide groups is 1. The van der Waals surface area contributed by atoms with E-state index in [1.165, 1.54) is 0 Å². The molecule has 0 unspecified atom stereocenters. The van der Waals surface area contributed by atoms with Gasteiger partial charge in [0.05, 0.1) is 0 Å². The maximum absolute atomic E-state index is 13.2. The zero-order valence-corrected chi connectivity index (χ0v) is 14.7. The van der Waals surface area contributed by atoms with E-state index in [9.17, 15) is 19.5 Å². The topological polar surface area (TPSA) is 95.9 Å². The molecule has 1 saturated heterocycles. The number of hydrogen-bond acceptors (Lipinski definition) is 4. The molecule has 1 heterocycles. The molecule has 7 heteroatoms. The van der Waals surface area contributed by atoms with Crippen LogP contribution in [0.25, 0.3) is 0 Å². The Labute approximate surface area is 156 Å². The number of carbonyl (C=O) groups excluding carboxylic acids is 2. The number of hydrogen-bond donors (Lipinski definition) is 2. The van der Waals surface area contributed by atoms with Crippen molar-refractivity contribution < 1.29 is 24.2 Å². The van der Waals surface area contributed by atoms with Crippen LogP contribution in [0.1, 0.15) is 30.0 Å². The van der Waals surface area contributed by atoms with Gasteiger partial charge in [-0.2, -0.15) is 0 Å². The summed E-state index contributed by atoms with van der Waals surface area (Å²) in [6.45, 7) is 1.78. The van der Waals surface area contributed by atoms with Crippen LogP contribution in [-0.4, -0.2) is 40.7 Å². The first-order valence-electron chi connectivity index (χ1n) is 8.58. The minimum absolute atomic E-state index is 0.0358. The Kier molecular flexibility index (Phi) is 5.40. The van der Waals surface area contributed by atoms with Gasteiger partial charge in [-0.05, 0) is 11.1 Å². The Bertz CT molecular complexity index is 825. The first-order chi connectivity index (χ1) is 13.0. The molecule has 0 saturated carbocycles. The fourth-order valence-corrected chi connectivity index (χ4v) is 3.22. The molecule has 1 aliphatic heterocycles. The summed E-state index contributed by atoms with van der Waals surface area (Å²) in [4.78, 5) is 37.8. The Morgan fingerprint density at radius 3 is 2.30 bits per heavy atom. The Morgan fingerprint density at radius 1 is 1.11 bits per heavy atom. The molecular weight excluding hydrogens is 348 g/mol. The van der Waals surface area contributed by atoms with Crippen LogP contribution in [0.5, 0.6) is 0 Å². The van der Waals surface area contributed by atoms with Crippen LogP contribution in [0.15, 0.2) is 60.7 Å². The zero-order chi connectivity index (χ0) is 19.4. The highest BCUT2D eigenvalue weighted by molar-refractivity contribution is 5.98. The lowest BCUT2D eigenvalue weighted by molar-refractivity contribution is -0.131. The molecular formula is C20H20N2O5. The monoisotopic (exact) mass is 368 g/mol. The van der Waals surface area contributed by atoms with E-state index >= 15 is 0 Å². The van der Waals surface area contributed by atoms with Gasteiger partial charge in [-0.3, -0.25) is 4.79 Å². The number of amides is 3. The minimum atomic E-state index is -1.33. The predicted octanol–water partition coefficient (Wildman–Crippen LogP) is 3.15. The van der Waals surface area contributed by atoms with Crippen LogP contribution in [0.4, 0.5) is 9.59 Å². The van der Waals surface area contributed by atoms with Crippen LogP contribution in [0.2, 0.25) is 0 Å². The molecule has 3 amide bonds. The number of carboxylic acid groups (broad SMARTS) is 1. The van der Waals surface area contributed by atoms with Crippen molar-refractivity contribution in [2.45, 2.75) is 24.9 Å². The van der Waals surface area contributed by atoms with Crippen molar-refractivity contribution in [1.82, 2.24) is 10.2 Å². The fourth-order valence-electron chi connectivity index (χ4n) is 3.22. The number of nitrogens with zero attached hydrogens (tertiary/aromatic N) is 1. The third kappa shape index (κ3) is 3.92. The minimum Gasteiger partial charge on any atom is -0.465 e. The molecule has 0 spiro atoms. The molecule has 3 atom stereocenters. The second kappa shape index (κ2) is 7.90. The van der Waals surface area contributed by atoms with Crippen molar-refractivity contribution in [3.05, 3.63) is 71.8 Å². The van der Waals surface area contributed by atoms with E-state index in [1.807, 2.05) is 36.4 Å². The third-order valence-corrected chi connectivity index (χ3v) is 4.67. The van der Waals surface area contributed by atoms with Gasteiger partial charge in [-0.15, -0.1) is 0 Å². The smallest absolute Gasteiger partial charge is 0.417 e. The standard InChI is InChI=1S/C20H20N2O5/c1-13(14-8-4-2-5-9-14)17(21-19(24)25)18(23)22-16(12-27-20(22)26)15-10-6-3-7-11-15/h2-11,13,16-17,21H,12H2,1H3,(H,24,25)/t13-,16-,17+/m1/s1. The molecule has 1 fully saturated rings. The SMILES string of the molecule is C[C@H](c1ccccc1)[C@H](NC(=O)O)C(=O)N1C(=O)OC[C@@H]1c1ccccc1. The summed E-state index contributed by atoms with van der Waals surface area (Å²) >= 11 is 0. The molecule has 27 heavy (non-hydrogen) atoms. The van der Waals surface area contributed by atoms with Gasteiger partial charge in [0.2, 0.25) is 0 Å². The van der Waals surface area contributed by atoms with Gasteiger partial charge in [0.1, 0.15) is 18.7 Å². The van der Waals surface area contributed by atoms with Gasteiger partial charge in [0, 0.05) is 5.92 Å². The van der Waals surface area contributed by atoms with Crippen LogP contribution in [0.3, 0.4) is 0 Å². The number of cyclic esters (lactones) is 1. The second-order valence-corrected chi connectivity index (χ2v) is 6.34. The van der Waals surface area contributed by atoms with Crippen molar-refractivity contribution in [3.8, 4) is 0 Å². The van der Waals surface area contributed by atoms with Crippen molar-refractivity contribution in [3.63, 3.8) is 0 Å². The predicted molar refractivity (Wildman–Crippen MR) is 97.2 cm³/mol. The van der Waals surface area contributed by atoms with Gasteiger partial charge >= 0.3 is 12.2 Å². The Hall–Kier alpha value is -3.35. The van der Waals surface area contributed by atoms with E-state index in [4.69, 9.17) is 4.74 Å². The third-order valence-electron chi connectivity index (χ3n) is 4.67. The fraction of sp³-hybridized carbons (Fsp3) is 0.250. The van der Waals surface area contributed by atoms with Crippen LogP contribution in [0, 0.1) is 0 Å². The molecule has 3 rings (SSSR count). The zero-order valence-electron chi connectivity index (χ0n) is 14.7. The van der Waals surface area contributed by atoms with Crippen LogP contribution >= 0.6 is 0 Å². The van der Waals surface area contributed by atoms with Crippen molar-refractivity contribution in [1.29, 1.82) is 0 Å². The van der Waals surface area contributed by atoms with Crippen LogP contribution < -0.4 is 5.32 Å². The number of ether oxygens (including phenoxy) is 1. The van der Waals surface area contributed by atoms with Crippen molar-refractivity contribution in [2.75, 3.05) is 6.61 Å². The van der Waals surface area contributed by atoms with Crippen molar-refractivity contribution >= 4 is 18.1 Å². The maximum Gasteiger partial charge on any atom is 0.417 e. The highest BCUT2D eigenvalue weighted by Crippen LogP contribution is 2.30. The molecule has 0 bridgehead atoms. The van der Waals surface area contributed by atoms with Gasteiger partial charge in [0.25, 0.3) is 5.91 Å². The number of rotatable bonds is 5. The number of carbonyl (C=O) groups is 3. The van der Waals surface area contributed by atoms with Crippen molar-refractivity contribution in [2.24, 2.45) is 0 Å². The summed E-state index contributed by atoms with van der Waals surface area (Å²) in [6.07, 6.45) is -2.11. The van der Waals surface area contributed by atoms with E-state index in [-0.39, 0.29) is 6.61 Å². The lowest BCUT2D eigenvalue weighted by Gasteiger charge is -2.28. The molecule has 140 valence electrons. The van der Waals surface area contributed by atoms with E-state index in [0.29, 0.717) is 0 Å². The molecule has 2 aromatic carbocycles. The summed E-state index contributed by atoms with van der Waals surface area (Å²) in [5, 5.41) is 11.5. The average Bonchev–Trinajstić information content (AvgIpc) is 3.08. The molecule has 7 nitrogen and oxygen atoms in total. The van der Waals surface area contributed by atoms with E-state index in [2.05, 4.69) is 5.32 Å². The van der Waals surface area contributed by atoms with E-state index in [0.717, 1.165) is 16.0 Å². The average molecular weight is 368 g/mol. The van der Waals surface area contributed by atoms with E-state index < -0.39 is 36.1 Å². The Balaban J connectivity index is 1.92. The molecule has 2 N–H and O–H groups in total. The molecule has 2 aromatic rings. The first-order valence-corrected chi connectivity index (χ1v) is 8.58. The number of nitrogens with one attached hydrogen (secondary N) is 1. The Morgan fingerprint density at radius 2 is 1.70 bits per heavy atom. The van der Waals surface area contributed by atoms with Crippen LogP contribution in [-0.2, 0) is 9.53 Å². The first kappa shape index (κ1) is 18.4. The van der Waals surface area contributed by atoms with Gasteiger partial charge in [-0.25, -0.2) is 14.5 Å². The summed E-state index contributed by atoms with van der Waals surface area (Å²) in [6, 6.07) is 16.4. The molecule has 1 aliphatic rings. The summed E-state index contributed by atoms with van der Waals surface area (Å²) < 4.78 is 5.09. The molecule has 0 aromatic heterocycles. The summed E-state index contributed by atoms with van der Waals surface area (Å²) in [7, 11) is 0. The summed E-state index contributed by atoms with van der Waals surface area (Å²) in [5.41, 5.74) is 1.53. The molecule has 0 aliphatic carbocycles. The van der Waals surface area contributed by atoms with Gasteiger partial charge in [-0.1, -0.05) is 67.6 Å².